The van der Waals surface area contributed by atoms with Crippen LogP contribution in [0.25, 0.3) is 10.8 Å². The Morgan fingerprint density at radius 1 is 1.08 bits per heavy atom. The lowest BCUT2D eigenvalue weighted by Crippen LogP contribution is -2.11. The van der Waals surface area contributed by atoms with E-state index in [4.69, 9.17) is 0 Å². The van der Waals surface area contributed by atoms with Crippen LogP contribution in [0, 0.1) is 17.6 Å². The SMILES string of the molecule is C/C=C/C1CCC(c2ccc3c(F)c(OC(F)F)c(F)cc3c2)CC1. The van der Waals surface area contributed by atoms with Gasteiger partial charge in [-0.1, -0.05) is 30.4 Å². The quantitative estimate of drug-likeness (QED) is 0.447. The molecule has 0 saturated heterocycles. The van der Waals surface area contributed by atoms with Gasteiger partial charge in [-0.2, -0.15) is 8.78 Å². The van der Waals surface area contributed by atoms with Gasteiger partial charge >= 0.3 is 6.61 Å². The van der Waals surface area contributed by atoms with Crippen LogP contribution in [-0.4, -0.2) is 6.61 Å². The van der Waals surface area contributed by atoms with Gasteiger partial charge in [0.15, 0.2) is 17.4 Å². The van der Waals surface area contributed by atoms with Gasteiger partial charge in [-0.15, -0.1) is 0 Å². The molecule has 0 unspecified atom stereocenters. The molecule has 0 amide bonds. The molecule has 25 heavy (non-hydrogen) atoms. The monoisotopic (exact) mass is 352 g/mol. The van der Waals surface area contributed by atoms with E-state index in [9.17, 15) is 17.6 Å². The molecule has 1 fully saturated rings. The molecule has 5 heteroatoms. The van der Waals surface area contributed by atoms with Gasteiger partial charge in [-0.05, 0) is 61.5 Å². The second-order valence-electron chi connectivity index (χ2n) is 6.50. The molecule has 0 atom stereocenters. The summed E-state index contributed by atoms with van der Waals surface area (Å²) in [5, 5.41) is 0.452. The third kappa shape index (κ3) is 3.80. The number of ether oxygens (including phenoxy) is 1. The van der Waals surface area contributed by atoms with Crippen LogP contribution in [0.5, 0.6) is 5.75 Å². The van der Waals surface area contributed by atoms with E-state index in [-0.39, 0.29) is 5.39 Å². The van der Waals surface area contributed by atoms with Crippen molar-refractivity contribution in [3.8, 4) is 5.75 Å². The summed E-state index contributed by atoms with van der Waals surface area (Å²) in [6.45, 7) is -1.25. The Kier molecular flexibility index (Phi) is 5.30. The molecular weight excluding hydrogens is 332 g/mol. The molecule has 0 aromatic heterocycles. The fourth-order valence-corrected chi connectivity index (χ4v) is 3.70. The Morgan fingerprint density at radius 2 is 1.80 bits per heavy atom. The maximum Gasteiger partial charge on any atom is 0.387 e. The Labute approximate surface area is 144 Å². The van der Waals surface area contributed by atoms with E-state index in [1.54, 1.807) is 12.1 Å². The minimum Gasteiger partial charge on any atom is -0.429 e. The molecule has 0 spiro atoms. The highest BCUT2D eigenvalue weighted by molar-refractivity contribution is 5.85. The molecule has 0 N–H and O–H groups in total. The van der Waals surface area contributed by atoms with Crippen molar-refractivity contribution in [2.45, 2.75) is 45.1 Å². The maximum atomic E-state index is 14.3. The van der Waals surface area contributed by atoms with Crippen LogP contribution < -0.4 is 4.74 Å². The van der Waals surface area contributed by atoms with Crippen molar-refractivity contribution in [2.75, 3.05) is 0 Å². The number of hydrogen-bond acceptors (Lipinski definition) is 1. The Balaban J connectivity index is 1.88. The third-order valence-electron chi connectivity index (χ3n) is 4.93. The molecule has 0 bridgehead atoms. The van der Waals surface area contributed by atoms with E-state index in [0.29, 0.717) is 17.2 Å². The molecule has 134 valence electrons. The fourth-order valence-electron chi connectivity index (χ4n) is 3.70. The molecule has 2 aromatic rings. The lowest BCUT2D eigenvalue weighted by atomic mass is 9.78. The van der Waals surface area contributed by atoms with Crippen LogP contribution in [0.2, 0.25) is 0 Å². The van der Waals surface area contributed by atoms with Crippen LogP contribution in [0.4, 0.5) is 17.6 Å². The zero-order chi connectivity index (χ0) is 18.0. The van der Waals surface area contributed by atoms with Gasteiger partial charge in [0.25, 0.3) is 0 Å². The van der Waals surface area contributed by atoms with Gasteiger partial charge in [-0.3, -0.25) is 0 Å². The molecule has 0 radical (unpaired) electrons. The van der Waals surface area contributed by atoms with Crippen molar-refractivity contribution in [1.29, 1.82) is 0 Å². The number of fused-ring (bicyclic) bond motifs is 1. The number of hydrogen-bond donors (Lipinski definition) is 0. The summed E-state index contributed by atoms with van der Waals surface area (Å²) in [4.78, 5) is 0. The number of halogens is 4. The molecule has 3 rings (SSSR count). The lowest BCUT2D eigenvalue weighted by molar-refractivity contribution is -0.0544. The topological polar surface area (TPSA) is 9.23 Å². The molecular formula is C20H20F4O. The van der Waals surface area contributed by atoms with Crippen molar-refractivity contribution < 1.29 is 22.3 Å². The highest BCUT2D eigenvalue weighted by atomic mass is 19.3. The first kappa shape index (κ1) is 17.8. The predicted octanol–water partition coefficient (Wildman–Crippen LogP) is 6.57. The van der Waals surface area contributed by atoms with Crippen molar-refractivity contribution in [2.24, 2.45) is 5.92 Å². The first-order chi connectivity index (χ1) is 12.0. The second-order valence-corrected chi connectivity index (χ2v) is 6.50. The number of rotatable bonds is 4. The van der Waals surface area contributed by atoms with E-state index in [1.165, 1.54) is 6.07 Å². The molecule has 1 aliphatic carbocycles. The van der Waals surface area contributed by atoms with E-state index in [2.05, 4.69) is 16.9 Å². The first-order valence-corrected chi connectivity index (χ1v) is 8.49. The second kappa shape index (κ2) is 7.46. The average Bonchev–Trinajstić information content (AvgIpc) is 2.59. The largest absolute Gasteiger partial charge is 0.429 e. The van der Waals surface area contributed by atoms with Gasteiger partial charge in [0.05, 0.1) is 0 Å². The van der Waals surface area contributed by atoms with Gasteiger partial charge in [0, 0.05) is 5.39 Å². The van der Waals surface area contributed by atoms with Crippen molar-refractivity contribution in [1.82, 2.24) is 0 Å². The van der Waals surface area contributed by atoms with Crippen LogP contribution >= 0.6 is 0 Å². The molecule has 0 heterocycles. The lowest BCUT2D eigenvalue weighted by Gasteiger charge is -2.27. The zero-order valence-corrected chi connectivity index (χ0v) is 13.9. The minimum atomic E-state index is -3.27. The molecule has 1 saturated carbocycles. The Bertz CT molecular complexity index is 777. The Morgan fingerprint density at radius 3 is 2.44 bits per heavy atom. The summed E-state index contributed by atoms with van der Waals surface area (Å²) in [5.74, 6) is -2.26. The summed E-state index contributed by atoms with van der Waals surface area (Å²) >= 11 is 0. The first-order valence-electron chi connectivity index (χ1n) is 8.49. The summed E-state index contributed by atoms with van der Waals surface area (Å²) in [6.07, 6.45) is 8.54. The van der Waals surface area contributed by atoms with Gasteiger partial charge < -0.3 is 4.74 Å². The predicted molar refractivity (Wildman–Crippen MR) is 90.0 cm³/mol. The van der Waals surface area contributed by atoms with E-state index >= 15 is 0 Å². The summed E-state index contributed by atoms with van der Waals surface area (Å²) in [6, 6.07) is 6.14. The molecule has 1 aliphatic rings. The van der Waals surface area contributed by atoms with Crippen molar-refractivity contribution >= 4 is 10.8 Å². The fraction of sp³-hybridized carbons (Fsp3) is 0.400. The average molecular weight is 352 g/mol. The van der Waals surface area contributed by atoms with Crippen LogP contribution in [0.3, 0.4) is 0 Å². The van der Waals surface area contributed by atoms with E-state index < -0.39 is 24.0 Å². The summed E-state index contributed by atoms with van der Waals surface area (Å²) < 4.78 is 56.8. The Hall–Kier alpha value is -2.04. The highest BCUT2D eigenvalue weighted by Gasteiger charge is 2.23. The van der Waals surface area contributed by atoms with E-state index in [1.807, 2.05) is 6.92 Å². The molecule has 2 aromatic carbocycles. The van der Waals surface area contributed by atoms with Crippen LogP contribution in [0.15, 0.2) is 36.4 Å². The maximum absolute atomic E-state index is 14.3. The molecule has 1 nitrogen and oxygen atoms in total. The summed E-state index contributed by atoms with van der Waals surface area (Å²) in [7, 11) is 0. The standard InChI is InChI=1S/C20H20F4O/c1-2-3-12-4-6-13(7-5-12)14-8-9-16-15(10-14)11-17(21)19(18(16)22)25-20(23)24/h2-3,8-13,20H,4-7H2,1H3/b3-2+. The minimum absolute atomic E-state index is 0.0865. The number of benzene rings is 2. The molecule has 0 aliphatic heterocycles. The van der Waals surface area contributed by atoms with Crippen LogP contribution in [0.1, 0.15) is 44.1 Å². The van der Waals surface area contributed by atoms with Crippen molar-refractivity contribution in [3.05, 3.63) is 53.6 Å². The van der Waals surface area contributed by atoms with Gasteiger partial charge in [0.2, 0.25) is 0 Å². The van der Waals surface area contributed by atoms with E-state index in [0.717, 1.165) is 37.3 Å². The van der Waals surface area contributed by atoms with Gasteiger partial charge in [-0.25, -0.2) is 8.78 Å². The number of allylic oxidation sites excluding steroid dienone is 2. The summed E-state index contributed by atoms with van der Waals surface area (Å²) in [5.41, 5.74) is 1.03. The van der Waals surface area contributed by atoms with Crippen molar-refractivity contribution in [3.63, 3.8) is 0 Å². The number of alkyl halides is 2. The highest BCUT2D eigenvalue weighted by Crippen LogP contribution is 2.38. The van der Waals surface area contributed by atoms with Crippen LogP contribution in [-0.2, 0) is 0 Å². The smallest absolute Gasteiger partial charge is 0.387 e. The third-order valence-corrected chi connectivity index (χ3v) is 4.93. The van der Waals surface area contributed by atoms with Gasteiger partial charge in [0.1, 0.15) is 0 Å². The normalized spacial score (nSPS) is 21.4. The zero-order valence-electron chi connectivity index (χ0n) is 13.9.